The van der Waals surface area contributed by atoms with Crippen LogP contribution in [0.1, 0.15) is 12.5 Å². The highest BCUT2D eigenvalue weighted by atomic mass is 35.5. The fourth-order valence-corrected chi connectivity index (χ4v) is 2.84. The number of urea groups is 1. The van der Waals surface area contributed by atoms with E-state index in [0.717, 1.165) is 6.07 Å². The van der Waals surface area contributed by atoms with Crippen LogP contribution in [0.25, 0.3) is 6.08 Å². The number of anilines is 1. The summed E-state index contributed by atoms with van der Waals surface area (Å²) in [5, 5.41) is 11.8. The monoisotopic (exact) mass is 404 g/mol. The van der Waals surface area contributed by atoms with Crippen LogP contribution >= 0.6 is 11.6 Å². The number of para-hydroxylation sites is 1. The molecule has 0 aliphatic carbocycles. The smallest absolute Gasteiger partial charge is 0.336 e. The summed E-state index contributed by atoms with van der Waals surface area (Å²) in [6.45, 7) is 1.95. The Hall–Kier alpha value is -3.39. The highest BCUT2D eigenvalue weighted by Gasteiger charge is 2.38. The minimum atomic E-state index is -1.06. The second-order valence-corrected chi connectivity index (χ2v) is 6.10. The molecule has 4 amide bonds. The number of nitrogens with zero attached hydrogens (tertiary/aromatic N) is 1. The summed E-state index contributed by atoms with van der Waals surface area (Å²) in [4.78, 5) is 37.6. The molecule has 0 aromatic heterocycles. The molecule has 0 saturated carbocycles. The lowest BCUT2D eigenvalue weighted by atomic mass is 10.1. The maximum Gasteiger partial charge on any atom is 0.336 e. The van der Waals surface area contributed by atoms with Crippen LogP contribution in [0.4, 0.5) is 14.9 Å². The molecule has 1 fully saturated rings. The van der Waals surface area contributed by atoms with E-state index in [1.54, 1.807) is 6.92 Å². The summed E-state index contributed by atoms with van der Waals surface area (Å²) in [6.07, 6.45) is 1.17. The van der Waals surface area contributed by atoms with Crippen molar-refractivity contribution in [1.82, 2.24) is 5.32 Å². The first-order chi connectivity index (χ1) is 13.3. The number of benzene rings is 2. The summed E-state index contributed by atoms with van der Waals surface area (Å²) >= 11 is 5.95. The van der Waals surface area contributed by atoms with Gasteiger partial charge in [-0.25, -0.2) is 14.1 Å². The molecule has 2 N–H and O–H groups in total. The molecular formula is C19H14ClFN2O5. The normalized spacial score (nSPS) is 15.8. The van der Waals surface area contributed by atoms with Crippen LogP contribution in [0.2, 0.25) is 5.02 Å². The minimum absolute atomic E-state index is 0.0523. The van der Waals surface area contributed by atoms with Crippen LogP contribution in [0, 0.1) is 5.82 Å². The van der Waals surface area contributed by atoms with E-state index in [9.17, 15) is 23.9 Å². The zero-order valence-electron chi connectivity index (χ0n) is 14.5. The predicted molar refractivity (Wildman–Crippen MR) is 99.7 cm³/mol. The molecule has 0 unspecified atom stereocenters. The summed E-state index contributed by atoms with van der Waals surface area (Å²) in [7, 11) is 0. The second-order valence-electron chi connectivity index (χ2n) is 5.69. The van der Waals surface area contributed by atoms with Gasteiger partial charge in [0.2, 0.25) is 0 Å². The second kappa shape index (κ2) is 7.69. The number of imide groups is 2. The van der Waals surface area contributed by atoms with Gasteiger partial charge in [-0.2, -0.15) is 0 Å². The number of nitrogens with one attached hydrogen (secondary N) is 1. The number of amides is 4. The molecule has 1 aliphatic heterocycles. The minimum Gasteiger partial charge on any atom is -0.503 e. The van der Waals surface area contributed by atoms with Gasteiger partial charge in [-0.05, 0) is 42.8 Å². The maximum atomic E-state index is 14.1. The quantitative estimate of drug-likeness (QED) is 0.602. The van der Waals surface area contributed by atoms with Crippen molar-refractivity contribution in [3.8, 4) is 11.5 Å². The number of carbonyl (C=O) groups is 3. The zero-order valence-corrected chi connectivity index (χ0v) is 15.3. The van der Waals surface area contributed by atoms with Crippen LogP contribution in [0.3, 0.4) is 0 Å². The number of phenols is 1. The van der Waals surface area contributed by atoms with E-state index in [1.807, 2.05) is 5.32 Å². The van der Waals surface area contributed by atoms with Crippen molar-refractivity contribution in [3.63, 3.8) is 0 Å². The predicted octanol–water partition coefficient (Wildman–Crippen LogP) is 3.25. The van der Waals surface area contributed by atoms with Crippen molar-refractivity contribution < 1.29 is 28.6 Å². The van der Waals surface area contributed by atoms with Crippen LogP contribution in [0.15, 0.2) is 42.0 Å². The number of hydrogen-bond donors (Lipinski definition) is 2. The van der Waals surface area contributed by atoms with Gasteiger partial charge in [0.25, 0.3) is 11.8 Å². The first-order valence-corrected chi connectivity index (χ1v) is 8.52. The van der Waals surface area contributed by atoms with Crippen molar-refractivity contribution in [3.05, 3.63) is 58.4 Å². The number of ether oxygens (including phenoxy) is 1. The SMILES string of the molecule is CCOc1cc(/C=C2\C(=O)NC(=O)N(c3ccccc3F)C2=O)cc(Cl)c1O. The molecule has 0 spiro atoms. The largest absolute Gasteiger partial charge is 0.503 e. The summed E-state index contributed by atoms with van der Waals surface area (Å²) < 4.78 is 19.3. The third-order valence-corrected chi connectivity index (χ3v) is 4.14. The molecule has 0 atom stereocenters. The summed E-state index contributed by atoms with van der Waals surface area (Å²) in [6, 6.07) is 6.82. The molecule has 28 heavy (non-hydrogen) atoms. The average Bonchev–Trinajstić information content (AvgIpc) is 2.64. The molecule has 1 heterocycles. The van der Waals surface area contributed by atoms with E-state index >= 15 is 0 Å². The van der Waals surface area contributed by atoms with Crippen molar-refractivity contribution in [2.45, 2.75) is 6.92 Å². The number of halogens is 2. The zero-order chi connectivity index (χ0) is 20.4. The van der Waals surface area contributed by atoms with E-state index in [4.69, 9.17) is 16.3 Å². The Balaban J connectivity index is 2.06. The van der Waals surface area contributed by atoms with E-state index in [2.05, 4.69) is 0 Å². The molecule has 2 aromatic carbocycles. The Labute approximate surface area is 164 Å². The van der Waals surface area contributed by atoms with E-state index in [-0.39, 0.29) is 34.4 Å². The van der Waals surface area contributed by atoms with Gasteiger partial charge in [-0.3, -0.25) is 14.9 Å². The molecule has 1 aliphatic rings. The third kappa shape index (κ3) is 3.54. The van der Waals surface area contributed by atoms with Gasteiger partial charge in [0.1, 0.15) is 11.4 Å². The highest BCUT2D eigenvalue weighted by molar-refractivity contribution is 6.39. The van der Waals surface area contributed by atoms with Crippen molar-refractivity contribution in [2.24, 2.45) is 0 Å². The third-order valence-electron chi connectivity index (χ3n) is 3.86. The topological polar surface area (TPSA) is 95.9 Å². The average molecular weight is 405 g/mol. The highest BCUT2D eigenvalue weighted by Crippen LogP contribution is 2.36. The Morgan fingerprint density at radius 3 is 2.64 bits per heavy atom. The van der Waals surface area contributed by atoms with Crippen molar-refractivity contribution in [2.75, 3.05) is 11.5 Å². The van der Waals surface area contributed by atoms with Gasteiger partial charge >= 0.3 is 6.03 Å². The number of barbiturate groups is 1. The number of hydrogen-bond acceptors (Lipinski definition) is 5. The molecule has 7 nitrogen and oxygen atoms in total. The number of phenolic OH excluding ortho intramolecular Hbond substituents is 1. The first kappa shape index (κ1) is 19.4. The van der Waals surface area contributed by atoms with E-state index in [0.29, 0.717) is 4.90 Å². The number of carbonyl (C=O) groups excluding carboxylic acids is 3. The van der Waals surface area contributed by atoms with Crippen molar-refractivity contribution in [1.29, 1.82) is 0 Å². The summed E-state index contributed by atoms with van der Waals surface area (Å²) in [5.41, 5.74) is -0.429. The first-order valence-electron chi connectivity index (χ1n) is 8.14. The molecule has 0 bridgehead atoms. The lowest BCUT2D eigenvalue weighted by Gasteiger charge is -2.26. The Morgan fingerprint density at radius 1 is 1.25 bits per heavy atom. The fourth-order valence-electron chi connectivity index (χ4n) is 2.62. The Bertz CT molecular complexity index is 1020. The Kier molecular flexibility index (Phi) is 5.32. The van der Waals surface area contributed by atoms with Crippen LogP contribution in [0.5, 0.6) is 11.5 Å². The Morgan fingerprint density at radius 2 is 1.96 bits per heavy atom. The molecule has 3 rings (SSSR count). The molecule has 9 heteroatoms. The maximum absolute atomic E-state index is 14.1. The fraction of sp³-hybridized carbons (Fsp3) is 0.105. The van der Waals surface area contributed by atoms with E-state index < -0.39 is 29.2 Å². The van der Waals surface area contributed by atoms with Crippen molar-refractivity contribution >= 4 is 41.2 Å². The van der Waals surface area contributed by atoms with Crippen LogP contribution in [-0.4, -0.2) is 29.6 Å². The lowest BCUT2D eigenvalue weighted by Crippen LogP contribution is -2.54. The standard InChI is InChI=1S/C19H14ClFN2O5/c1-2-28-15-9-10(8-12(20)16(15)24)7-11-17(25)22-19(27)23(18(11)26)14-6-4-3-5-13(14)21/h3-9,24H,2H2,1H3,(H,22,25,27)/b11-7+. The molecule has 2 aromatic rings. The number of aromatic hydroxyl groups is 1. The van der Waals surface area contributed by atoms with Crippen LogP contribution < -0.4 is 15.0 Å². The summed E-state index contributed by atoms with van der Waals surface area (Å²) in [5.74, 6) is -2.96. The van der Waals surface area contributed by atoms with Gasteiger partial charge < -0.3 is 9.84 Å². The molecular weight excluding hydrogens is 391 g/mol. The molecule has 0 radical (unpaired) electrons. The van der Waals surface area contributed by atoms with Crippen LogP contribution in [-0.2, 0) is 9.59 Å². The molecule has 144 valence electrons. The van der Waals surface area contributed by atoms with Gasteiger partial charge in [-0.1, -0.05) is 23.7 Å². The number of rotatable bonds is 4. The van der Waals surface area contributed by atoms with Gasteiger partial charge in [0.05, 0.1) is 17.3 Å². The van der Waals surface area contributed by atoms with Gasteiger partial charge in [0, 0.05) is 0 Å². The van der Waals surface area contributed by atoms with Gasteiger partial charge in [-0.15, -0.1) is 0 Å². The molecule has 1 saturated heterocycles. The lowest BCUT2D eigenvalue weighted by molar-refractivity contribution is -0.122. The van der Waals surface area contributed by atoms with Gasteiger partial charge in [0.15, 0.2) is 11.5 Å². The van der Waals surface area contributed by atoms with E-state index in [1.165, 1.54) is 36.4 Å².